The van der Waals surface area contributed by atoms with Crippen molar-refractivity contribution >= 4 is 43.1 Å². The molecule has 0 bridgehead atoms. The average Bonchev–Trinajstić information content (AvgIpc) is 3.14. The molecule has 0 fully saturated rings. The maximum Gasteiger partial charge on any atom is 0.160 e. The molecule has 0 aliphatic heterocycles. The summed E-state index contributed by atoms with van der Waals surface area (Å²) < 4.78 is 0. The quantitative estimate of drug-likeness (QED) is 0.152. The number of benzene rings is 7. The molecule has 214 valence electrons. The van der Waals surface area contributed by atoms with Gasteiger partial charge in [-0.25, -0.2) is 9.97 Å². The van der Waals surface area contributed by atoms with Crippen LogP contribution in [0, 0.1) is 0 Å². The van der Waals surface area contributed by atoms with Crippen LogP contribution < -0.4 is 0 Å². The summed E-state index contributed by atoms with van der Waals surface area (Å²) in [5.74, 6) is 0.695. The van der Waals surface area contributed by atoms with Crippen molar-refractivity contribution in [2.75, 3.05) is 0 Å². The van der Waals surface area contributed by atoms with Crippen LogP contribution in [0.4, 0.5) is 0 Å². The van der Waals surface area contributed by atoms with Gasteiger partial charge in [-0.3, -0.25) is 4.98 Å². The molecule has 9 rings (SSSR count). The Balaban J connectivity index is 1.28. The summed E-state index contributed by atoms with van der Waals surface area (Å²) in [4.78, 5) is 15.0. The number of hydrogen-bond acceptors (Lipinski definition) is 3. The van der Waals surface area contributed by atoms with Crippen LogP contribution in [0.25, 0.3) is 88.1 Å². The number of fused-ring (bicyclic) bond motifs is 5. The largest absolute Gasteiger partial charge is 0.263 e. The summed E-state index contributed by atoms with van der Waals surface area (Å²) in [7, 11) is 0. The van der Waals surface area contributed by atoms with E-state index in [0.717, 1.165) is 44.6 Å². The van der Waals surface area contributed by atoms with Crippen molar-refractivity contribution < 1.29 is 0 Å². The Hall–Kier alpha value is -6.19. The van der Waals surface area contributed by atoms with E-state index in [4.69, 9.17) is 9.97 Å². The van der Waals surface area contributed by atoms with Crippen molar-refractivity contribution in [2.24, 2.45) is 0 Å². The third-order valence-corrected chi connectivity index (χ3v) is 8.94. The maximum atomic E-state index is 5.31. The van der Waals surface area contributed by atoms with Gasteiger partial charge in [-0.15, -0.1) is 0 Å². The van der Waals surface area contributed by atoms with Gasteiger partial charge >= 0.3 is 0 Å². The van der Waals surface area contributed by atoms with Crippen LogP contribution in [-0.4, -0.2) is 15.0 Å². The summed E-state index contributed by atoms with van der Waals surface area (Å²) in [5, 5.41) is 9.55. The third-order valence-electron chi connectivity index (χ3n) is 8.94. The molecule has 0 aliphatic rings. The van der Waals surface area contributed by atoms with Gasteiger partial charge in [-0.2, -0.15) is 0 Å². The lowest BCUT2D eigenvalue weighted by molar-refractivity contribution is 1.19. The van der Waals surface area contributed by atoms with Gasteiger partial charge in [0.05, 0.1) is 11.4 Å². The first-order chi connectivity index (χ1) is 22.8. The van der Waals surface area contributed by atoms with E-state index >= 15 is 0 Å². The first-order valence-corrected chi connectivity index (χ1v) is 15.5. The molecule has 0 atom stereocenters. The van der Waals surface area contributed by atoms with E-state index in [2.05, 4.69) is 145 Å². The van der Waals surface area contributed by atoms with Gasteiger partial charge in [0.1, 0.15) is 0 Å². The maximum absolute atomic E-state index is 5.31. The monoisotopic (exact) mass is 585 g/mol. The molecule has 0 radical (unpaired) electrons. The molecule has 0 saturated carbocycles. The Morgan fingerprint density at radius 3 is 1.83 bits per heavy atom. The normalized spacial score (nSPS) is 11.5. The molecular formula is C43H27N3. The molecule has 0 aliphatic carbocycles. The van der Waals surface area contributed by atoms with E-state index < -0.39 is 0 Å². The van der Waals surface area contributed by atoms with E-state index in [9.17, 15) is 0 Å². The molecule has 2 heterocycles. The lowest BCUT2D eigenvalue weighted by Gasteiger charge is -2.15. The molecule has 3 nitrogen and oxygen atoms in total. The molecular weight excluding hydrogens is 558 g/mol. The Bertz CT molecular complexity index is 2570. The molecule has 7 aromatic carbocycles. The second-order valence-electron chi connectivity index (χ2n) is 11.7. The molecule has 46 heavy (non-hydrogen) atoms. The summed E-state index contributed by atoms with van der Waals surface area (Å²) in [6.07, 6.45) is 3.86. The van der Waals surface area contributed by atoms with Crippen LogP contribution in [0.3, 0.4) is 0 Å². The zero-order valence-corrected chi connectivity index (χ0v) is 24.9. The van der Waals surface area contributed by atoms with Gasteiger partial charge < -0.3 is 0 Å². The van der Waals surface area contributed by atoms with E-state index in [1.165, 1.54) is 37.7 Å². The lowest BCUT2D eigenvalue weighted by Crippen LogP contribution is -1.97. The number of rotatable bonds is 4. The summed E-state index contributed by atoms with van der Waals surface area (Å²) in [5.41, 5.74) is 7.16. The van der Waals surface area contributed by atoms with Gasteiger partial charge in [0.25, 0.3) is 0 Å². The zero-order chi connectivity index (χ0) is 30.5. The van der Waals surface area contributed by atoms with Gasteiger partial charge in [-0.1, -0.05) is 140 Å². The van der Waals surface area contributed by atoms with Gasteiger partial charge in [0, 0.05) is 40.0 Å². The van der Waals surface area contributed by atoms with E-state index in [-0.39, 0.29) is 0 Å². The average molecular weight is 586 g/mol. The predicted octanol–water partition coefficient (Wildman–Crippen LogP) is 11.2. The fourth-order valence-corrected chi connectivity index (χ4v) is 6.70. The molecule has 2 aromatic heterocycles. The molecule has 0 N–H and O–H groups in total. The SMILES string of the molecule is c1ccc(-c2cc(-c3c4ccccc4cc4c3ccc3ccccc34)nc(-c3ccc(-c4cncc5ccccc45)cc3)n2)cc1. The molecule has 9 aromatic rings. The first-order valence-electron chi connectivity index (χ1n) is 15.5. The fourth-order valence-electron chi connectivity index (χ4n) is 6.70. The molecule has 0 amide bonds. The standard InChI is InChI=1S/C43H27N3/c1-2-11-30(12-3-1)40-25-41(42-36-17-9-5-13-32(36)24-38-34-15-7-4-10-28(34)22-23-37(38)42)46-43(45-40)31-20-18-29(19-21-31)39-27-44-26-33-14-6-8-16-35(33)39/h1-27H. The number of hydrogen-bond donors (Lipinski definition) is 0. The minimum atomic E-state index is 0.695. The van der Waals surface area contributed by atoms with Crippen molar-refractivity contribution in [1.29, 1.82) is 0 Å². The predicted molar refractivity (Wildman–Crippen MR) is 192 cm³/mol. The van der Waals surface area contributed by atoms with Crippen molar-refractivity contribution in [2.45, 2.75) is 0 Å². The van der Waals surface area contributed by atoms with Crippen molar-refractivity contribution in [3.8, 4) is 45.0 Å². The zero-order valence-electron chi connectivity index (χ0n) is 24.9. The Kier molecular flexibility index (Phi) is 6.14. The minimum absolute atomic E-state index is 0.695. The number of pyridine rings is 1. The van der Waals surface area contributed by atoms with Gasteiger partial charge in [-0.05, 0) is 55.4 Å². The molecule has 0 spiro atoms. The first kappa shape index (κ1) is 26.2. The highest BCUT2D eigenvalue weighted by atomic mass is 14.9. The smallest absolute Gasteiger partial charge is 0.160 e. The second-order valence-corrected chi connectivity index (χ2v) is 11.7. The van der Waals surface area contributed by atoms with Gasteiger partial charge in [0.2, 0.25) is 0 Å². The van der Waals surface area contributed by atoms with Crippen LogP contribution in [0.5, 0.6) is 0 Å². The highest BCUT2D eigenvalue weighted by Crippen LogP contribution is 2.40. The van der Waals surface area contributed by atoms with Crippen molar-refractivity contribution in [3.05, 3.63) is 164 Å². The van der Waals surface area contributed by atoms with Crippen LogP contribution in [0.1, 0.15) is 0 Å². The molecule has 0 saturated heterocycles. The summed E-state index contributed by atoms with van der Waals surface area (Å²) in [6, 6.07) is 53.5. The van der Waals surface area contributed by atoms with Crippen LogP contribution >= 0.6 is 0 Å². The van der Waals surface area contributed by atoms with Crippen LogP contribution in [0.15, 0.2) is 164 Å². The van der Waals surface area contributed by atoms with E-state index in [1.807, 2.05) is 24.5 Å². The minimum Gasteiger partial charge on any atom is -0.263 e. The number of aromatic nitrogens is 3. The lowest BCUT2D eigenvalue weighted by atomic mass is 9.91. The van der Waals surface area contributed by atoms with Crippen LogP contribution in [-0.2, 0) is 0 Å². The Labute approximate surface area is 266 Å². The molecule has 3 heteroatoms. The van der Waals surface area contributed by atoms with Crippen molar-refractivity contribution in [3.63, 3.8) is 0 Å². The van der Waals surface area contributed by atoms with Gasteiger partial charge in [0.15, 0.2) is 5.82 Å². The summed E-state index contributed by atoms with van der Waals surface area (Å²) >= 11 is 0. The highest BCUT2D eigenvalue weighted by molar-refractivity contribution is 6.19. The second kappa shape index (κ2) is 10.8. The Morgan fingerprint density at radius 1 is 0.348 bits per heavy atom. The summed E-state index contributed by atoms with van der Waals surface area (Å²) in [6.45, 7) is 0. The number of nitrogens with zero attached hydrogens (tertiary/aromatic N) is 3. The van der Waals surface area contributed by atoms with E-state index in [1.54, 1.807) is 0 Å². The van der Waals surface area contributed by atoms with E-state index in [0.29, 0.717) is 5.82 Å². The highest BCUT2D eigenvalue weighted by Gasteiger charge is 2.17. The topological polar surface area (TPSA) is 38.7 Å². The third kappa shape index (κ3) is 4.41. The molecule has 0 unspecified atom stereocenters. The van der Waals surface area contributed by atoms with Crippen molar-refractivity contribution in [1.82, 2.24) is 15.0 Å². The Morgan fingerprint density at radius 2 is 1.00 bits per heavy atom. The fraction of sp³-hybridized carbons (Fsp3) is 0. The van der Waals surface area contributed by atoms with Crippen LogP contribution in [0.2, 0.25) is 0 Å².